The van der Waals surface area contributed by atoms with Crippen LogP contribution in [0.2, 0.25) is 0 Å². The third-order valence-electron chi connectivity index (χ3n) is 4.44. The van der Waals surface area contributed by atoms with Crippen LogP contribution in [0.5, 0.6) is 5.75 Å². The monoisotopic (exact) mass is 322 g/mol. The van der Waals surface area contributed by atoms with Gasteiger partial charge in [-0.05, 0) is 30.2 Å². The third kappa shape index (κ3) is 2.27. The number of para-hydroxylation sites is 1. The molecule has 2 atom stereocenters. The molecule has 0 unspecified atom stereocenters. The predicted octanol–water partition coefficient (Wildman–Crippen LogP) is 3.23. The maximum atomic E-state index is 13.3. The normalized spacial score (nSPS) is 26.4. The molecule has 1 aliphatic heterocycles. The Kier molecular flexibility index (Phi) is 3.71. The van der Waals surface area contributed by atoms with Crippen LogP contribution in [0.1, 0.15) is 12.5 Å². The summed E-state index contributed by atoms with van der Waals surface area (Å²) in [5, 5.41) is 0. The van der Waals surface area contributed by atoms with Crippen molar-refractivity contribution in [2.75, 3.05) is 13.2 Å². The van der Waals surface area contributed by atoms with Crippen LogP contribution in [-0.4, -0.2) is 30.9 Å². The number of hydrogen-bond acceptors (Lipinski definition) is 4. The molecule has 0 N–H and O–H groups in total. The molecule has 0 aromatic heterocycles. The van der Waals surface area contributed by atoms with Crippen LogP contribution in [0, 0.1) is 0 Å². The van der Waals surface area contributed by atoms with Crippen molar-refractivity contribution >= 4 is 11.4 Å². The lowest BCUT2D eigenvalue weighted by Crippen LogP contribution is -2.57. The van der Waals surface area contributed by atoms with Crippen molar-refractivity contribution in [1.29, 1.82) is 0 Å². The number of hydrogen-bond donors (Lipinski definition) is 0. The van der Waals surface area contributed by atoms with Crippen molar-refractivity contribution in [3.8, 4) is 5.75 Å². The van der Waals surface area contributed by atoms with Gasteiger partial charge in [0.2, 0.25) is 5.78 Å². The van der Waals surface area contributed by atoms with Crippen molar-refractivity contribution in [3.05, 3.63) is 71.8 Å². The first-order valence-electron chi connectivity index (χ1n) is 8.03. The van der Waals surface area contributed by atoms with Gasteiger partial charge in [0.25, 0.3) is 0 Å². The SMILES string of the molecule is CC1=C(c2ccccc2)C(=O)[C@]2(Oc3ccccc3)OCCO[C@H]12. The fourth-order valence-electron chi connectivity index (χ4n) is 3.38. The molecule has 1 saturated heterocycles. The molecular formula is C20H18O4. The Morgan fingerprint density at radius 3 is 2.38 bits per heavy atom. The summed E-state index contributed by atoms with van der Waals surface area (Å²) < 4.78 is 17.8. The highest BCUT2D eigenvalue weighted by Crippen LogP contribution is 2.44. The summed E-state index contributed by atoms with van der Waals surface area (Å²) in [7, 11) is 0. The number of fused-ring (bicyclic) bond motifs is 1. The Morgan fingerprint density at radius 2 is 1.67 bits per heavy atom. The summed E-state index contributed by atoms with van der Waals surface area (Å²) in [6.45, 7) is 2.68. The average Bonchev–Trinajstić information content (AvgIpc) is 2.84. The van der Waals surface area contributed by atoms with Crippen LogP contribution in [0.15, 0.2) is 66.2 Å². The van der Waals surface area contributed by atoms with Crippen LogP contribution in [0.4, 0.5) is 0 Å². The van der Waals surface area contributed by atoms with Gasteiger partial charge >= 0.3 is 5.79 Å². The zero-order valence-corrected chi connectivity index (χ0v) is 13.4. The lowest BCUT2D eigenvalue weighted by Gasteiger charge is -2.38. The highest BCUT2D eigenvalue weighted by atomic mass is 16.7. The second kappa shape index (κ2) is 5.89. The van der Waals surface area contributed by atoms with Gasteiger partial charge in [-0.15, -0.1) is 0 Å². The Balaban J connectivity index is 1.78. The minimum atomic E-state index is -1.44. The van der Waals surface area contributed by atoms with Crippen LogP contribution in [0.25, 0.3) is 5.57 Å². The second-order valence-corrected chi connectivity index (χ2v) is 5.94. The zero-order chi connectivity index (χ0) is 16.6. The lowest BCUT2D eigenvalue weighted by molar-refractivity contribution is -0.257. The first-order chi connectivity index (χ1) is 11.7. The number of Topliss-reactive ketones (excluding diaryl/α,β-unsaturated/α-hetero) is 1. The van der Waals surface area contributed by atoms with E-state index in [0.29, 0.717) is 24.5 Å². The molecule has 0 amide bonds. The van der Waals surface area contributed by atoms with E-state index < -0.39 is 11.9 Å². The molecule has 24 heavy (non-hydrogen) atoms. The quantitative estimate of drug-likeness (QED) is 0.870. The van der Waals surface area contributed by atoms with E-state index in [4.69, 9.17) is 14.2 Å². The smallest absolute Gasteiger partial charge is 0.305 e. The van der Waals surface area contributed by atoms with E-state index >= 15 is 0 Å². The van der Waals surface area contributed by atoms with E-state index in [-0.39, 0.29) is 5.78 Å². The van der Waals surface area contributed by atoms with Crippen LogP contribution in [0.3, 0.4) is 0 Å². The molecule has 0 radical (unpaired) electrons. The van der Waals surface area contributed by atoms with Crippen molar-refractivity contribution in [1.82, 2.24) is 0 Å². The molecule has 1 heterocycles. The Bertz CT molecular complexity index is 782. The molecule has 1 fully saturated rings. The van der Waals surface area contributed by atoms with Crippen molar-refractivity contribution in [3.63, 3.8) is 0 Å². The molecule has 0 bridgehead atoms. The lowest BCUT2D eigenvalue weighted by atomic mass is 10.0. The molecule has 4 nitrogen and oxygen atoms in total. The Morgan fingerprint density at radius 1 is 1.00 bits per heavy atom. The fourth-order valence-corrected chi connectivity index (χ4v) is 3.38. The minimum absolute atomic E-state index is 0.181. The van der Waals surface area contributed by atoms with Gasteiger partial charge in [0, 0.05) is 5.57 Å². The topological polar surface area (TPSA) is 44.8 Å². The summed E-state index contributed by atoms with van der Waals surface area (Å²) in [5.41, 5.74) is 2.33. The molecule has 2 aromatic rings. The number of benzene rings is 2. The summed E-state index contributed by atoms with van der Waals surface area (Å²) in [6.07, 6.45) is -0.533. The number of carbonyl (C=O) groups is 1. The van der Waals surface area contributed by atoms with Gasteiger partial charge in [0.05, 0.1) is 13.2 Å². The maximum Gasteiger partial charge on any atom is 0.305 e. The standard InChI is InChI=1S/C20H18O4/c1-14-17(15-8-4-2-5-9-15)18(21)20(19(14)22-12-13-23-20)24-16-10-6-3-7-11-16/h2-11,19H,12-13H2,1H3/t19-,20-/m1/s1. The van der Waals surface area contributed by atoms with Crippen molar-refractivity contribution in [2.24, 2.45) is 0 Å². The van der Waals surface area contributed by atoms with Gasteiger partial charge in [-0.3, -0.25) is 4.79 Å². The molecule has 2 aromatic carbocycles. The highest BCUT2D eigenvalue weighted by molar-refractivity contribution is 6.28. The number of carbonyl (C=O) groups excluding carboxylic acids is 1. The van der Waals surface area contributed by atoms with E-state index in [1.165, 1.54) is 0 Å². The maximum absolute atomic E-state index is 13.3. The third-order valence-corrected chi connectivity index (χ3v) is 4.44. The Labute approximate surface area is 140 Å². The summed E-state index contributed by atoms with van der Waals surface area (Å²) in [5.74, 6) is -1.03. The van der Waals surface area contributed by atoms with Crippen LogP contribution >= 0.6 is 0 Å². The predicted molar refractivity (Wildman–Crippen MR) is 89.5 cm³/mol. The van der Waals surface area contributed by atoms with Gasteiger partial charge < -0.3 is 14.2 Å². The first-order valence-corrected chi connectivity index (χ1v) is 8.03. The summed E-state index contributed by atoms with van der Waals surface area (Å²) in [4.78, 5) is 13.3. The van der Waals surface area contributed by atoms with E-state index in [1.807, 2.05) is 67.6 Å². The molecule has 0 saturated carbocycles. The average molecular weight is 322 g/mol. The van der Waals surface area contributed by atoms with Gasteiger partial charge in [-0.2, -0.15) is 0 Å². The molecule has 0 spiro atoms. The fraction of sp³-hybridized carbons (Fsp3) is 0.250. The highest BCUT2D eigenvalue weighted by Gasteiger charge is 2.60. The molecule has 4 rings (SSSR count). The molecule has 4 heteroatoms. The number of ketones is 1. The zero-order valence-electron chi connectivity index (χ0n) is 13.4. The van der Waals surface area contributed by atoms with Crippen molar-refractivity contribution in [2.45, 2.75) is 18.8 Å². The van der Waals surface area contributed by atoms with E-state index in [1.54, 1.807) is 0 Å². The minimum Gasteiger partial charge on any atom is -0.452 e. The van der Waals surface area contributed by atoms with Gasteiger partial charge in [-0.25, -0.2) is 0 Å². The van der Waals surface area contributed by atoms with Crippen LogP contribution < -0.4 is 4.74 Å². The van der Waals surface area contributed by atoms with Gasteiger partial charge in [0.15, 0.2) is 6.10 Å². The molecule has 122 valence electrons. The largest absolute Gasteiger partial charge is 0.452 e. The second-order valence-electron chi connectivity index (χ2n) is 5.94. The van der Waals surface area contributed by atoms with Gasteiger partial charge in [0.1, 0.15) is 5.75 Å². The number of ether oxygens (including phenoxy) is 3. The van der Waals surface area contributed by atoms with E-state index in [9.17, 15) is 4.79 Å². The van der Waals surface area contributed by atoms with Crippen molar-refractivity contribution < 1.29 is 19.0 Å². The van der Waals surface area contributed by atoms with Gasteiger partial charge in [-0.1, -0.05) is 48.5 Å². The Hall–Kier alpha value is -2.43. The van der Waals surface area contributed by atoms with E-state index in [2.05, 4.69) is 0 Å². The molecule has 2 aliphatic rings. The summed E-state index contributed by atoms with van der Waals surface area (Å²) >= 11 is 0. The summed E-state index contributed by atoms with van der Waals surface area (Å²) in [6, 6.07) is 18.8. The first kappa shape index (κ1) is 15.1. The number of rotatable bonds is 3. The molecular weight excluding hydrogens is 304 g/mol. The van der Waals surface area contributed by atoms with E-state index in [0.717, 1.165) is 11.1 Å². The van der Waals surface area contributed by atoms with Crippen LogP contribution in [-0.2, 0) is 14.3 Å². The molecule has 1 aliphatic carbocycles.